The number of benzene rings is 1. The third kappa shape index (κ3) is 2.80. The maximum atomic E-state index is 13.1. The van der Waals surface area contributed by atoms with Gasteiger partial charge in [0, 0.05) is 19.0 Å². The van der Waals surface area contributed by atoms with Crippen LogP contribution in [-0.4, -0.2) is 31.1 Å². The Hall–Kier alpha value is -0.930. The Morgan fingerprint density at radius 3 is 2.69 bits per heavy atom. The number of likely N-dealkylation sites (tertiary alicyclic amines) is 1. The first kappa shape index (κ1) is 11.6. The highest BCUT2D eigenvalue weighted by molar-refractivity contribution is 5.21. The van der Waals surface area contributed by atoms with Crippen LogP contribution < -0.4 is 5.73 Å². The molecule has 0 saturated carbocycles. The van der Waals surface area contributed by atoms with E-state index in [1.54, 1.807) is 12.1 Å². The first-order valence-electron chi connectivity index (χ1n) is 5.97. The Kier molecular flexibility index (Phi) is 3.91. The summed E-state index contributed by atoms with van der Waals surface area (Å²) < 4.78 is 13.1. The Bertz CT molecular complexity index is 334. The summed E-state index contributed by atoms with van der Waals surface area (Å²) in [5.41, 5.74) is 6.81. The van der Waals surface area contributed by atoms with Crippen molar-refractivity contribution in [1.82, 2.24) is 4.90 Å². The highest BCUT2D eigenvalue weighted by Crippen LogP contribution is 2.19. The van der Waals surface area contributed by atoms with Crippen molar-refractivity contribution in [2.45, 2.75) is 18.8 Å². The molecule has 1 aliphatic heterocycles. The maximum Gasteiger partial charge on any atom is 0.123 e. The molecule has 1 atom stereocenters. The molecular weight excluding hydrogens is 203 g/mol. The predicted molar refractivity (Wildman–Crippen MR) is 63.9 cm³/mol. The van der Waals surface area contributed by atoms with E-state index in [9.17, 15) is 4.39 Å². The van der Waals surface area contributed by atoms with E-state index >= 15 is 0 Å². The summed E-state index contributed by atoms with van der Waals surface area (Å²) in [6.07, 6.45) is 2.56. The van der Waals surface area contributed by atoms with Gasteiger partial charge in [-0.3, -0.25) is 0 Å². The van der Waals surface area contributed by atoms with Gasteiger partial charge in [-0.2, -0.15) is 0 Å². The van der Waals surface area contributed by atoms with Gasteiger partial charge < -0.3 is 10.6 Å². The molecule has 2 rings (SSSR count). The minimum absolute atomic E-state index is 0.169. The Morgan fingerprint density at radius 1 is 1.31 bits per heavy atom. The van der Waals surface area contributed by atoms with Crippen LogP contribution in [0.1, 0.15) is 24.3 Å². The predicted octanol–water partition coefficient (Wildman–Crippen LogP) is 1.96. The van der Waals surface area contributed by atoms with Crippen molar-refractivity contribution in [3.63, 3.8) is 0 Å². The third-order valence-electron chi connectivity index (χ3n) is 3.28. The Labute approximate surface area is 96.2 Å². The molecule has 1 aromatic rings. The lowest BCUT2D eigenvalue weighted by Crippen LogP contribution is -2.29. The molecule has 3 heteroatoms. The van der Waals surface area contributed by atoms with Gasteiger partial charge in [-0.05, 0) is 43.6 Å². The molecule has 0 aromatic heterocycles. The number of nitrogens with zero attached hydrogens (tertiary/aromatic N) is 1. The average Bonchev–Trinajstić information content (AvgIpc) is 2.78. The molecule has 0 aliphatic carbocycles. The molecule has 0 amide bonds. The first-order chi connectivity index (χ1) is 7.79. The lowest BCUT2D eigenvalue weighted by molar-refractivity contribution is 0.315. The second-order valence-electron chi connectivity index (χ2n) is 4.50. The third-order valence-corrected chi connectivity index (χ3v) is 3.28. The van der Waals surface area contributed by atoms with E-state index in [4.69, 9.17) is 5.73 Å². The number of nitrogens with two attached hydrogens (primary N) is 1. The number of hydrogen-bond donors (Lipinski definition) is 1. The number of hydrogen-bond acceptors (Lipinski definition) is 2. The zero-order chi connectivity index (χ0) is 11.4. The molecule has 88 valence electrons. The largest absolute Gasteiger partial charge is 0.330 e. The highest BCUT2D eigenvalue weighted by Gasteiger charge is 2.18. The van der Waals surface area contributed by atoms with Crippen LogP contribution >= 0.6 is 0 Å². The van der Waals surface area contributed by atoms with Crippen LogP contribution in [0.25, 0.3) is 0 Å². The van der Waals surface area contributed by atoms with E-state index in [-0.39, 0.29) is 11.7 Å². The highest BCUT2D eigenvalue weighted by atomic mass is 19.1. The van der Waals surface area contributed by atoms with E-state index in [2.05, 4.69) is 4.90 Å². The number of rotatable bonds is 4. The molecule has 1 aromatic carbocycles. The van der Waals surface area contributed by atoms with Crippen LogP contribution in [-0.2, 0) is 0 Å². The van der Waals surface area contributed by atoms with Crippen LogP contribution in [0.3, 0.4) is 0 Å². The van der Waals surface area contributed by atoms with Crippen molar-refractivity contribution in [3.8, 4) is 0 Å². The lowest BCUT2D eigenvalue weighted by Gasteiger charge is -2.22. The minimum atomic E-state index is -0.169. The zero-order valence-corrected chi connectivity index (χ0v) is 9.53. The molecule has 1 aliphatic rings. The van der Waals surface area contributed by atoms with Gasteiger partial charge in [0.05, 0.1) is 0 Å². The van der Waals surface area contributed by atoms with E-state index in [1.165, 1.54) is 18.9 Å². The molecule has 1 fully saturated rings. The SMILES string of the molecule is NCC(CN1CCCC1)c1cccc(F)c1. The second kappa shape index (κ2) is 5.41. The standard InChI is InChI=1S/C13H19FN2/c14-13-5-3-4-11(8-13)12(9-15)10-16-6-1-2-7-16/h3-5,8,12H,1-2,6-7,9-10,15H2. The lowest BCUT2D eigenvalue weighted by atomic mass is 9.98. The molecule has 2 N–H and O–H groups in total. The summed E-state index contributed by atoms with van der Waals surface area (Å²) in [6.45, 7) is 3.86. The van der Waals surface area contributed by atoms with Gasteiger partial charge in [0.15, 0.2) is 0 Å². The molecule has 1 heterocycles. The minimum Gasteiger partial charge on any atom is -0.330 e. The first-order valence-corrected chi connectivity index (χ1v) is 5.97. The monoisotopic (exact) mass is 222 g/mol. The number of halogens is 1. The molecule has 2 nitrogen and oxygen atoms in total. The van der Waals surface area contributed by atoms with Crippen LogP contribution in [0.2, 0.25) is 0 Å². The normalized spacial score (nSPS) is 18.9. The summed E-state index contributed by atoms with van der Waals surface area (Å²) in [7, 11) is 0. The summed E-state index contributed by atoms with van der Waals surface area (Å²) in [5, 5.41) is 0. The van der Waals surface area contributed by atoms with Gasteiger partial charge in [-0.1, -0.05) is 12.1 Å². The van der Waals surface area contributed by atoms with Crippen molar-refractivity contribution in [2.24, 2.45) is 5.73 Å². The molecule has 0 bridgehead atoms. The van der Waals surface area contributed by atoms with Crippen molar-refractivity contribution in [1.29, 1.82) is 0 Å². The van der Waals surface area contributed by atoms with Gasteiger partial charge in [0.2, 0.25) is 0 Å². The van der Waals surface area contributed by atoms with E-state index in [0.717, 1.165) is 25.2 Å². The second-order valence-corrected chi connectivity index (χ2v) is 4.50. The fourth-order valence-electron chi connectivity index (χ4n) is 2.35. The van der Waals surface area contributed by atoms with Gasteiger partial charge in [0.1, 0.15) is 5.82 Å². The molecule has 16 heavy (non-hydrogen) atoms. The smallest absolute Gasteiger partial charge is 0.123 e. The molecule has 0 radical (unpaired) electrons. The fraction of sp³-hybridized carbons (Fsp3) is 0.538. The van der Waals surface area contributed by atoms with E-state index < -0.39 is 0 Å². The van der Waals surface area contributed by atoms with Crippen molar-refractivity contribution in [2.75, 3.05) is 26.2 Å². The van der Waals surface area contributed by atoms with Crippen molar-refractivity contribution in [3.05, 3.63) is 35.6 Å². The summed E-state index contributed by atoms with van der Waals surface area (Å²) in [4.78, 5) is 2.42. The molecule has 1 saturated heterocycles. The van der Waals surface area contributed by atoms with E-state index in [1.807, 2.05) is 6.07 Å². The van der Waals surface area contributed by atoms with Gasteiger partial charge in [0.25, 0.3) is 0 Å². The fourth-order valence-corrected chi connectivity index (χ4v) is 2.35. The molecular formula is C13H19FN2. The van der Waals surface area contributed by atoms with Gasteiger partial charge in [-0.25, -0.2) is 4.39 Å². The zero-order valence-electron chi connectivity index (χ0n) is 9.53. The van der Waals surface area contributed by atoms with Crippen LogP contribution in [0.15, 0.2) is 24.3 Å². The van der Waals surface area contributed by atoms with Crippen LogP contribution in [0.4, 0.5) is 4.39 Å². The van der Waals surface area contributed by atoms with E-state index in [0.29, 0.717) is 6.54 Å². The quantitative estimate of drug-likeness (QED) is 0.844. The van der Waals surface area contributed by atoms with Crippen LogP contribution in [0.5, 0.6) is 0 Å². The average molecular weight is 222 g/mol. The summed E-state index contributed by atoms with van der Waals surface area (Å²) in [5.74, 6) is 0.0890. The van der Waals surface area contributed by atoms with Crippen molar-refractivity contribution >= 4 is 0 Å². The topological polar surface area (TPSA) is 29.3 Å². The Morgan fingerprint density at radius 2 is 2.06 bits per heavy atom. The van der Waals surface area contributed by atoms with Gasteiger partial charge >= 0.3 is 0 Å². The maximum absolute atomic E-state index is 13.1. The summed E-state index contributed by atoms with van der Waals surface area (Å²) >= 11 is 0. The Balaban J connectivity index is 2.03. The summed E-state index contributed by atoms with van der Waals surface area (Å²) in [6, 6.07) is 6.81. The molecule has 0 spiro atoms. The van der Waals surface area contributed by atoms with Crippen LogP contribution in [0, 0.1) is 5.82 Å². The van der Waals surface area contributed by atoms with Gasteiger partial charge in [-0.15, -0.1) is 0 Å². The molecule has 1 unspecified atom stereocenters. The van der Waals surface area contributed by atoms with Crippen molar-refractivity contribution < 1.29 is 4.39 Å².